The third kappa shape index (κ3) is 1.53. The molecule has 1 aromatic carbocycles. The van der Waals surface area contributed by atoms with Crippen LogP contribution in [0.15, 0.2) is 48.8 Å². The van der Waals surface area contributed by atoms with E-state index in [4.69, 9.17) is 5.73 Å². The van der Waals surface area contributed by atoms with Gasteiger partial charge in [0.1, 0.15) is 0 Å². The third-order valence-electron chi connectivity index (χ3n) is 2.78. The van der Waals surface area contributed by atoms with Crippen molar-refractivity contribution in [1.82, 2.24) is 14.8 Å². The summed E-state index contributed by atoms with van der Waals surface area (Å²) >= 11 is 0. The number of hydrogen-bond donors (Lipinski definition) is 1. The smallest absolute Gasteiger partial charge is 0.250 e. The van der Waals surface area contributed by atoms with Crippen LogP contribution >= 0.6 is 0 Å². The average molecular weight is 238 g/mol. The van der Waals surface area contributed by atoms with Crippen molar-refractivity contribution < 1.29 is 4.79 Å². The number of carbonyl (C=O) groups excluding carboxylic acids is 1. The Hall–Kier alpha value is -2.69. The molecule has 2 heterocycles. The van der Waals surface area contributed by atoms with E-state index < -0.39 is 5.91 Å². The van der Waals surface area contributed by atoms with Gasteiger partial charge in [0.25, 0.3) is 5.91 Å². The lowest BCUT2D eigenvalue weighted by atomic mass is 10.2. The summed E-state index contributed by atoms with van der Waals surface area (Å²) in [5, 5.41) is 8.68. The lowest BCUT2D eigenvalue weighted by molar-refractivity contribution is 0.100. The summed E-state index contributed by atoms with van der Waals surface area (Å²) in [7, 11) is 0. The van der Waals surface area contributed by atoms with E-state index in [1.54, 1.807) is 18.5 Å². The molecule has 0 aliphatic rings. The Labute approximate surface area is 103 Å². The summed E-state index contributed by atoms with van der Waals surface area (Å²) in [6.07, 6.45) is 3.29. The first-order valence-corrected chi connectivity index (χ1v) is 5.45. The molecule has 0 saturated heterocycles. The van der Waals surface area contributed by atoms with Gasteiger partial charge in [-0.2, -0.15) is 5.10 Å². The van der Waals surface area contributed by atoms with Crippen LogP contribution in [-0.4, -0.2) is 20.7 Å². The molecule has 3 rings (SSSR count). The molecule has 1 amide bonds. The molecule has 2 N–H and O–H groups in total. The van der Waals surface area contributed by atoms with Gasteiger partial charge in [-0.3, -0.25) is 9.36 Å². The van der Waals surface area contributed by atoms with Gasteiger partial charge < -0.3 is 5.73 Å². The Bertz CT molecular complexity index is 718. The van der Waals surface area contributed by atoms with Crippen LogP contribution in [0.25, 0.3) is 16.7 Å². The van der Waals surface area contributed by atoms with Gasteiger partial charge in [0.2, 0.25) is 0 Å². The third-order valence-corrected chi connectivity index (χ3v) is 2.78. The van der Waals surface area contributed by atoms with Crippen LogP contribution in [0.3, 0.4) is 0 Å². The monoisotopic (exact) mass is 238 g/mol. The second-order valence-corrected chi connectivity index (χ2v) is 3.88. The summed E-state index contributed by atoms with van der Waals surface area (Å²) in [4.78, 5) is 11.4. The van der Waals surface area contributed by atoms with Crippen LogP contribution in [0, 0.1) is 0 Å². The molecule has 0 bridgehead atoms. The number of aromatic nitrogens is 3. The minimum Gasteiger partial charge on any atom is -0.366 e. The highest BCUT2D eigenvalue weighted by Crippen LogP contribution is 2.23. The summed E-state index contributed by atoms with van der Waals surface area (Å²) in [5.74, 6) is 0.204. The quantitative estimate of drug-likeness (QED) is 0.735. The van der Waals surface area contributed by atoms with Gasteiger partial charge in [-0.25, -0.2) is 0 Å². The van der Waals surface area contributed by atoms with E-state index in [1.165, 1.54) is 0 Å². The zero-order chi connectivity index (χ0) is 12.5. The predicted octanol–water partition coefficient (Wildman–Crippen LogP) is 1.52. The fourth-order valence-corrected chi connectivity index (χ4v) is 1.99. The molecule has 0 radical (unpaired) electrons. The molecule has 3 aromatic rings. The Morgan fingerprint density at radius 3 is 2.72 bits per heavy atom. The van der Waals surface area contributed by atoms with Crippen molar-refractivity contribution in [3.05, 3.63) is 54.4 Å². The van der Waals surface area contributed by atoms with E-state index in [0.29, 0.717) is 11.4 Å². The van der Waals surface area contributed by atoms with Crippen molar-refractivity contribution in [2.75, 3.05) is 0 Å². The fourth-order valence-electron chi connectivity index (χ4n) is 1.99. The Balaban J connectivity index is 2.34. The lowest BCUT2D eigenvalue weighted by Crippen LogP contribution is -2.10. The summed E-state index contributed by atoms with van der Waals surface area (Å²) in [6.45, 7) is 0. The van der Waals surface area contributed by atoms with Crippen LogP contribution < -0.4 is 5.73 Å². The molecule has 0 saturated carbocycles. The van der Waals surface area contributed by atoms with Crippen LogP contribution in [0.5, 0.6) is 0 Å². The van der Waals surface area contributed by atoms with Crippen molar-refractivity contribution in [1.29, 1.82) is 0 Å². The summed E-state index contributed by atoms with van der Waals surface area (Å²) in [5.41, 5.74) is 6.75. The maximum absolute atomic E-state index is 11.4. The molecule has 0 unspecified atom stereocenters. The molecule has 5 nitrogen and oxygen atoms in total. The van der Waals surface area contributed by atoms with Crippen LogP contribution in [0.4, 0.5) is 0 Å². The van der Waals surface area contributed by atoms with Gasteiger partial charge in [-0.05, 0) is 18.2 Å². The van der Waals surface area contributed by atoms with Crippen LogP contribution in [0.2, 0.25) is 0 Å². The number of hydrogen-bond acceptors (Lipinski definition) is 3. The second-order valence-electron chi connectivity index (χ2n) is 3.88. The zero-order valence-electron chi connectivity index (χ0n) is 9.45. The Morgan fingerprint density at radius 2 is 2.00 bits per heavy atom. The van der Waals surface area contributed by atoms with Crippen molar-refractivity contribution >= 4 is 16.8 Å². The maximum atomic E-state index is 11.4. The molecular weight excluding hydrogens is 228 g/mol. The standard InChI is InChI=1S/C13H10N4O/c14-13(18)10-8-17(12-6-3-7-15-16-12)11-5-2-1-4-9(10)11/h1-8H,(H2,14,18). The van der Waals surface area contributed by atoms with Crippen molar-refractivity contribution in [2.45, 2.75) is 0 Å². The summed E-state index contributed by atoms with van der Waals surface area (Å²) < 4.78 is 1.81. The van der Waals surface area contributed by atoms with E-state index in [0.717, 1.165) is 10.9 Å². The number of primary amides is 1. The highest BCUT2D eigenvalue weighted by atomic mass is 16.1. The number of carbonyl (C=O) groups is 1. The van der Waals surface area contributed by atoms with Gasteiger partial charge in [0.15, 0.2) is 5.82 Å². The lowest BCUT2D eigenvalue weighted by Gasteiger charge is -2.01. The normalized spacial score (nSPS) is 10.7. The minimum absolute atomic E-state index is 0.450. The number of fused-ring (bicyclic) bond motifs is 1. The zero-order valence-corrected chi connectivity index (χ0v) is 9.45. The fraction of sp³-hybridized carbons (Fsp3) is 0. The van der Waals surface area contributed by atoms with Gasteiger partial charge in [-0.1, -0.05) is 18.2 Å². The molecule has 0 aliphatic heterocycles. The highest BCUT2D eigenvalue weighted by molar-refractivity contribution is 6.06. The number of nitrogens with two attached hydrogens (primary N) is 1. The van der Waals surface area contributed by atoms with Crippen molar-refractivity contribution in [2.24, 2.45) is 5.73 Å². The molecule has 0 atom stereocenters. The topological polar surface area (TPSA) is 73.8 Å². The van der Waals surface area contributed by atoms with E-state index in [9.17, 15) is 4.79 Å². The van der Waals surface area contributed by atoms with Crippen molar-refractivity contribution in [3.63, 3.8) is 0 Å². The highest BCUT2D eigenvalue weighted by Gasteiger charge is 2.13. The van der Waals surface area contributed by atoms with Crippen LogP contribution in [0.1, 0.15) is 10.4 Å². The number of nitrogens with zero attached hydrogens (tertiary/aromatic N) is 3. The van der Waals surface area contributed by atoms with Crippen molar-refractivity contribution in [3.8, 4) is 5.82 Å². The van der Waals surface area contributed by atoms with Gasteiger partial charge in [0, 0.05) is 17.8 Å². The SMILES string of the molecule is NC(=O)c1cn(-c2cccnn2)c2ccccc12. The Kier molecular flexibility index (Phi) is 2.30. The number of benzene rings is 1. The molecule has 88 valence electrons. The molecule has 0 spiro atoms. The summed E-state index contributed by atoms with van der Waals surface area (Å²) in [6, 6.07) is 11.2. The first-order valence-electron chi connectivity index (χ1n) is 5.45. The Morgan fingerprint density at radius 1 is 1.17 bits per heavy atom. The molecule has 18 heavy (non-hydrogen) atoms. The first kappa shape index (κ1) is 10.5. The largest absolute Gasteiger partial charge is 0.366 e. The van der Waals surface area contributed by atoms with Gasteiger partial charge >= 0.3 is 0 Å². The van der Waals surface area contributed by atoms with E-state index in [-0.39, 0.29) is 0 Å². The number of amides is 1. The molecule has 0 fully saturated rings. The van der Waals surface area contributed by atoms with Crippen LogP contribution in [-0.2, 0) is 0 Å². The predicted molar refractivity (Wildman–Crippen MR) is 67.4 cm³/mol. The van der Waals surface area contributed by atoms with Gasteiger partial charge in [0.05, 0.1) is 11.1 Å². The minimum atomic E-state index is -0.450. The van der Waals surface area contributed by atoms with E-state index in [1.807, 2.05) is 34.9 Å². The van der Waals surface area contributed by atoms with E-state index >= 15 is 0 Å². The first-order chi connectivity index (χ1) is 8.77. The number of para-hydroxylation sites is 1. The second kappa shape index (κ2) is 3.96. The number of rotatable bonds is 2. The van der Waals surface area contributed by atoms with E-state index in [2.05, 4.69) is 10.2 Å². The molecule has 2 aromatic heterocycles. The van der Waals surface area contributed by atoms with Gasteiger partial charge in [-0.15, -0.1) is 5.10 Å². The molecule has 5 heteroatoms. The molecular formula is C13H10N4O. The average Bonchev–Trinajstić information content (AvgIpc) is 2.79. The maximum Gasteiger partial charge on any atom is 0.250 e. The molecule has 0 aliphatic carbocycles.